The van der Waals surface area contributed by atoms with Gasteiger partial charge in [-0.05, 0) is 42.8 Å². The van der Waals surface area contributed by atoms with E-state index in [0.717, 1.165) is 21.5 Å². The minimum atomic E-state index is -0.269. The summed E-state index contributed by atoms with van der Waals surface area (Å²) >= 11 is 1.38. The summed E-state index contributed by atoms with van der Waals surface area (Å²) in [7, 11) is 0. The number of anilines is 1. The zero-order valence-corrected chi connectivity index (χ0v) is 17.0. The van der Waals surface area contributed by atoms with E-state index < -0.39 is 0 Å². The topological polar surface area (TPSA) is 65.4 Å². The second-order valence-electron chi connectivity index (χ2n) is 7.01. The number of ether oxygens (including phenoxy) is 2. The van der Waals surface area contributed by atoms with Gasteiger partial charge >= 0.3 is 0 Å². The SMILES string of the molecule is Cc1nn(Cc2ccc(F)cc2)c2sc(C(=O)Nc3ccc4c(c3)OCCO4)cc12. The van der Waals surface area contributed by atoms with Gasteiger partial charge < -0.3 is 14.8 Å². The highest BCUT2D eigenvalue weighted by Gasteiger charge is 2.18. The summed E-state index contributed by atoms with van der Waals surface area (Å²) in [5.41, 5.74) is 2.43. The van der Waals surface area contributed by atoms with E-state index >= 15 is 0 Å². The molecule has 1 amide bonds. The normalized spacial score (nSPS) is 12.9. The van der Waals surface area contributed by atoms with Crippen LogP contribution in [0.5, 0.6) is 11.5 Å². The molecule has 0 fully saturated rings. The number of nitrogens with one attached hydrogen (secondary N) is 1. The molecule has 2 aromatic carbocycles. The van der Waals surface area contributed by atoms with Crippen LogP contribution in [0.1, 0.15) is 20.9 Å². The molecule has 1 aliphatic rings. The molecule has 6 nitrogen and oxygen atoms in total. The Hall–Kier alpha value is -3.39. The first kappa shape index (κ1) is 18.6. The first-order valence-corrected chi connectivity index (χ1v) is 10.3. The fourth-order valence-corrected chi connectivity index (χ4v) is 4.46. The molecule has 0 unspecified atom stereocenters. The molecule has 4 aromatic rings. The van der Waals surface area contributed by atoms with E-state index in [1.54, 1.807) is 30.3 Å². The number of rotatable bonds is 4. The fraction of sp³-hybridized carbons (Fsp3) is 0.182. The third-order valence-electron chi connectivity index (χ3n) is 4.88. The number of hydrogen-bond donors (Lipinski definition) is 1. The van der Waals surface area contributed by atoms with Crippen molar-refractivity contribution >= 4 is 33.1 Å². The van der Waals surface area contributed by atoms with Crippen molar-refractivity contribution in [3.05, 3.63) is 70.5 Å². The average molecular weight is 423 g/mol. The lowest BCUT2D eigenvalue weighted by Gasteiger charge is -2.18. The lowest BCUT2D eigenvalue weighted by molar-refractivity contribution is 0.103. The molecule has 152 valence electrons. The van der Waals surface area contributed by atoms with Gasteiger partial charge in [0.15, 0.2) is 11.5 Å². The number of aromatic nitrogens is 2. The Kier molecular flexibility index (Phi) is 4.63. The van der Waals surface area contributed by atoms with Gasteiger partial charge in [-0.2, -0.15) is 5.10 Å². The van der Waals surface area contributed by atoms with Crippen LogP contribution in [0.4, 0.5) is 10.1 Å². The smallest absolute Gasteiger partial charge is 0.265 e. The van der Waals surface area contributed by atoms with Crippen molar-refractivity contribution in [2.24, 2.45) is 0 Å². The molecule has 0 radical (unpaired) electrons. The molecule has 0 bridgehead atoms. The van der Waals surface area contributed by atoms with Crippen molar-refractivity contribution in [3.63, 3.8) is 0 Å². The molecule has 1 aliphatic heterocycles. The number of carbonyl (C=O) groups excluding carboxylic acids is 1. The first-order valence-electron chi connectivity index (χ1n) is 9.49. The molecule has 0 saturated carbocycles. The van der Waals surface area contributed by atoms with Crippen molar-refractivity contribution in [1.29, 1.82) is 0 Å². The maximum absolute atomic E-state index is 13.2. The Labute approximate surface area is 175 Å². The number of aryl methyl sites for hydroxylation is 1. The predicted molar refractivity (Wildman–Crippen MR) is 113 cm³/mol. The lowest BCUT2D eigenvalue weighted by Crippen LogP contribution is -2.16. The first-order chi connectivity index (χ1) is 14.6. The zero-order chi connectivity index (χ0) is 20.7. The van der Waals surface area contributed by atoms with Crippen LogP contribution in [0.2, 0.25) is 0 Å². The molecule has 8 heteroatoms. The predicted octanol–water partition coefficient (Wildman–Crippen LogP) is 4.62. The van der Waals surface area contributed by atoms with E-state index in [1.165, 1.54) is 23.5 Å². The summed E-state index contributed by atoms with van der Waals surface area (Å²) in [4.78, 5) is 14.3. The summed E-state index contributed by atoms with van der Waals surface area (Å²) in [6.07, 6.45) is 0. The molecule has 30 heavy (non-hydrogen) atoms. The second-order valence-corrected chi connectivity index (χ2v) is 8.04. The highest BCUT2D eigenvalue weighted by Crippen LogP contribution is 2.34. The Morgan fingerprint density at radius 2 is 1.90 bits per heavy atom. The Morgan fingerprint density at radius 3 is 2.70 bits per heavy atom. The van der Waals surface area contributed by atoms with Gasteiger partial charge in [-0.25, -0.2) is 4.39 Å². The minimum absolute atomic E-state index is 0.194. The van der Waals surface area contributed by atoms with E-state index in [2.05, 4.69) is 10.4 Å². The average Bonchev–Trinajstić information content (AvgIpc) is 3.31. The summed E-state index contributed by atoms with van der Waals surface area (Å²) in [6, 6.07) is 13.5. The van der Waals surface area contributed by atoms with E-state index in [-0.39, 0.29) is 11.7 Å². The zero-order valence-electron chi connectivity index (χ0n) is 16.1. The van der Waals surface area contributed by atoms with Gasteiger partial charge in [0.1, 0.15) is 23.9 Å². The molecule has 0 aliphatic carbocycles. The van der Waals surface area contributed by atoms with Crippen LogP contribution >= 0.6 is 11.3 Å². The van der Waals surface area contributed by atoms with Crippen molar-refractivity contribution in [3.8, 4) is 11.5 Å². The molecule has 3 heterocycles. The van der Waals surface area contributed by atoms with Crippen LogP contribution in [0.3, 0.4) is 0 Å². The quantitative estimate of drug-likeness (QED) is 0.520. The fourth-order valence-electron chi connectivity index (χ4n) is 3.41. The summed E-state index contributed by atoms with van der Waals surface area (Å²) in [6.45, 7) is 3.44. The Bertz CT molecular complexity index is 1250. The van der Waals surface area contributed by atoms with Crippen LogP contribution < -0.4 is 14.8 Å². The number of benzene rings is 2. The molecule has 2 aromatic heterocycles. The molecule has 0 spiro atoms. The number of carbonyl (C=O) groups is 1. The molecular formula is C22H18FN3O3S. The lowest BCUT2D eigenvalue weighted by atomic mass is 10.2. The van der Waals surface area contributed by atoms with E-state index in [1.807, 2.05) is 17.7 Å². The number of nitrogens with zero attached hydrogens (tertiary/aromatic N) is 2. The monoisotopic (exact) mass is 423 g/mol. The van der Waals surface area contributed by atoms with Crippen LogP contribution in [-0.4, -0.2) is 28.9 Å². The minimum Gasteiger partial charge on any atom is -0.486 e. The third kappa shape index (κ3) is 3.50. The maximum atomic E-state index is 13.2. The largest absolute Gasteiger partial charge is 0.486 e. The molecular weight excluding hydrogens is 405 g/mol. The van der Waals surface area contributed by atoms with Gasteiger partial charge in [0.2, 0.25) is 0 Å². The summed E-state index contributed by atoms with van der Waals surface area (Å²) in [5.74, 6) is 0.842. The number of hydrogen-bond acceptors (Lipinski definition) is 5. The van der Waals surface area contributed by atoms with Crippen LogP contribution in [0.15, 0.2) is 48.5 Å². The van der Waals surface area contributed by atoms with Gasteiger partial charge in [0.25, 0.3) is 5.91 Å². The third-order valence-corrected chi connectivity index (χ3v) is 6.02. The van der Waals surface area contributed by atoms with E-state index in [0.29, 0.717) is 41.8 Å². The Morgan fingerprint density at radius 1 is 1.13 bits per heavy atom. The highest BCUT2D eigenvalue weighted by molar-refractivity contribution is 7.20. The summed E-state index contributed by atoms with van der Waals surface area (Å²) in [5, 5.41) is 8.43. The van der Waals surface area contributed by atoms with Gasteiger partial charge in [0.05, 0.1) is 17.1 Å². The molecule has 0 atom stereocenters. The van der Waals surface area contributed by atoms with Crippen molar-refractivity contribution in [1.82, 2.24) is 9.78 Å². The van der Waals surface area contributed by atoms with Crippen molar-refractivity contribution in [2.75, 3.05) is 18.5 Å². The van der Waals surface area contributed by atoms with Gasteiger partial charge in [-0.15, -0.1) is 11.3 Å². The van der Waals surface area contributed by atoms with Gasteiger partial charge in [-0.1, -0.05) is 12.1 Å². The van der Waals surface area contributed by atoms with Gasteiger partial charge in [0, 0.05) is 17.1 Å². The van der Waals surface area contributed by atoms with Crippen molar-refractivity contribution < 1.29 is 18.7 Å². The van der Waals surface area contributed by atoms with Crippen LogP contribution in [-0.2, 0) is 6.54 Å². The number of fused-ring (bicyclic) bond motifs is 2. The second kappa shape index (κ2) is 7.46. The molecule has 1 N–H and O–H groups in total. The van der Waals surface area contributed by atoms with Gasteiger partial charge in [-0.3, -0.25) is 9.48 Å². The highest BCUT2D eigenvalue weighted by atomic mass is 32.1. The van der Waals surface area contributed by atoms with Crippen LogP contribution in [0, 0.1) is 12.7 Å². The van der Waals surface area contributed by atoms with E-state index in [9.17, 15) is 9.18 Å². The standard InChI is InChI=1S/C22H18FN3O3S/c1-13-17-11-20(21(27)24-16-6-7-18-19(10-16)29-9-8-28-18)30-22(17)26(25-13)12-14-2-4-15(23)5-3-14/h2-7,10-11H,8-9,12H2,1H3,(H,24,27). The summed E-state index contributed by atoms with van der Waals surface area (Å²) < 4.78 is 26.1. The number of halogens is 1. The molecule has 5 rings (SSSR count). The van der Waals surface area contributed by atoms with E-state index in [4.69, 9.17) is 9.47 Å². The maximum Gasteiger partial charge on any atom is 0.265 e. The number of thiophene rings is 1. The molecule has 0 saturated heterocycles. The van der Waals surface area contributed by atoms with Crippen molar-refractivity contribution in [2.45, 2.75) is 13.5 Å². The Balaban J connectivity index is 1.39. The van der Waals surface area contributed by atoms with Crippen LogP contribution in [0.25, 0.3) is 10.2 Å². The number of amides is 1.